The number of benzene rings is 1. The smallest absolute Gasteiger partial charge is 0.227 e. The van der Waals surface area contributed by atoms with E-state index in [1.807, 2.05) is 18.2 Å². The van der Waals surface area contributed by atoms with Gasteiger partial charge in [-0.3, -0.25) is 9.69 Å². The first-order chi connectivity index (χ1) is 11.7. The van der Waals surface area contributed by atoms with Gasteiger partial charge in [-0.05, 0) is 25.5 Å². The Morgan fingerprint density at radius 2 is 2.08 bits per heavy atom. The molecule has 132 valence electrons. The number of amides is 1. The lowest BCUT2D eigenvalue weighted by Gasteiger charge is -2.36. The molecule has 5 heteroatoms. The highest BCUT2D eigenvalue weighted by molar-refractivity contribution is 5.79. The fourth-order valence-corrected chi connectivity index (χ4v) is 3.59. The average molecular weight is 331 g/mol. The van der Waals surface area contributed by atoms with Crippen molar-refractivity contribution in [1.82, 2.24) is 15.1 Å². The van der Waals surface area contributed by atoms with Gasteiger partial charge in [0.15, 0.2) is 0 Å². The Hall–Kier alpha value is -1.43. The second-order valence-corrected chi connectivity index (χ2v) is 6.90. The zero-order chi connectivity index (χ0) is 16.8. The van der Waals surface area contributed by atoms with Crippen LogP contribution < -0.4 is 5.32 Å². The predicted octanol–water partition coefficient (Wildman–Crippen LogP) is 1.35. The molecule has 0 aromatic heterocycles. The summed E-state index contributed by atoms with van der Waals surface area (Å²) in [7, 11) is 0. The van der Waals surface area contributed by atoms with Gasteiger partial charge >= 0.3 is 0 Å². The van der Waals surface area contributed by atoms with Crippen LogP contribution in [0.25, 0.3) is 0 Å². The third kappa shape index (κ3) is 4.56. The number of hydrogen-bond donors (Lipinski definition) is 1. The molecule has 0 bridgehead atoms. The van der Waals surface area contributed by atoms with Crippen LogP contribution in [0, 0.1) is 5.92 Å². The van der Waals surface area contributed by atoms with E-state index in [2.05, 4.69) is 34.2 Å². The van der Waals surface area contributed by atoms with Crippen molar-refractivity contribution >= 4 is 5.91 Å². The van der Waals surface area contributed by atoms with E-state index in [0.717, 1.165) is 52.4 Å². The Labute approximate surface area is 145 Å². The van der Waals surface area contributed by atoms with Gasteiger partial charge < -0.3 is 15.0 Å². The molecule has 0 saturated carbocycles. The fraction of sp³-hybridized carbons (Fsp3) is 0.632. The Bertz CT molecular complexity index is 511. The molecule has 0 radical (unpaired) electrons. The number of morpholine rings is 1. The number of rotatable bonds is 6. The van der Waals surface area contributed by atoms with E-state index < -0.39 is 0 Å². The summed E-state index contributed by atoms with van der Waals surface area (Å²) in [6, 6.07) is 10.5. The van der Waals surface area contributed by atoms with Gasteiger partial charge in [0.2, 0.25) is 5.91 Å². The van der Waals surface area contributed by atoms with Crippen LogP contribution in [0.2, 0.25) is 0 Å². The van der Waals surface area contributed by atoms with Crippen LogP contribution in [0.4, 0.5) is 0 Å². The zero-order valence-corrected chi connectivity index (χ0v) is 14.6. The van der Waals surface area contributed by atoms with Crippen molar-refractivity contribution in [2.75, 3.05) is 45.9 Å². The lowest BCUT2D eigenvalue weighted by atomic mass is 10.0. The maximum Gasteiger partial charge on any atom is 0.227 e. The topological polar surface area (TPSA) is 44.8 Å². The first-order valence-corrected chi connectivity index (χ1v) is 9.09. The van der Waals surface area contributed by atoms with Gasteiger partial charge in [-0.15, -0.1) is 0 Å². The Morgan fingerprint density at radius 1 is 1.33 bits per heavy atom. The Balaban J connectivity index is 1.68. The van der Waals surface area contributed by atoms with Crippen LogP contribution in [0.5, 0.6) is 0 Å². The zero-order valence-electron chi connectivity index (χ0n) is 14.6. The number of nitrogens with zero attached hydrogens (tertiary/aromatic N) is 2. The maximum absolute atomic E-state index is 13.1. The van der Waals surface area contributed by atoms with Gasteiger partial charge in [-0.25, -0.2) is 0 Å². The van der Waals surface area contributed by atoms with E-state index >= 15 is 0 Å². The molecule has 2 aliphatic heterocycles. The summed E-state index contributed by atoms with van der Waals surface area (Å²) in [4.78, 5) is 17.6. The largest absolute Gasteiger partial charge is 0.379 e. The highest BCUT2D eigenvalue weighted by Crippen LogP contribution is 2.18. The average Bonchev–Trinajstić information content (AvgIpc) is 3.15. The van der Waals surface area contributed by atoms with E-state index in [0.29, 0.717) is 12.5 Å². The molecule has 5 nitrogen and oxygen atoms in total. The molecule has 2 saturated heterocycles. The normalized spacial score (nSPS) is 23.1. The minimum Gasteiger partial charge on any atom is -0.379 e. The summed E-state index contributed by atoms with van der Waals surface area (Å²) < 4.78 is 5.44. The quantitative estimate of drug-likeness (QED) is 0.855. The molecule has 2 atom stereocenters. The maximum atomic E-state index is 13.1. The van der Waals surface area contributed by atoms with Crippen molar-refractivity contribution in [3.63, 3.8) is 0 Å². The van der Waals surface area contributed by atoms with Gasteiger partial charge in [0, 0.05) is 38.8 Å². The molecule has 2 aliphatic rings. The van der Waals surface area contributed by atoms with Gasteiger partial charge in [-0.1, -0.05) is 30.3 Å². The van der Waals surface area contributed by atoms with Gasteiger partial charge in [0.1, 0.15) is 0 Å². The first kappa shape index (κ1) is 17.4. The van der Waals surface area contributed by atoms with Crippen molar-refractivity contribution in [2.45, 2.75) is 25.9 Å². The number of hydrogen-bond acceptors (Lipinski definition) is 4. The number of nitrogens with one attached hydrogen (secondary N) is 1. The molecule has 2 heterocycles. The molecule has 2 fully saturated rings. The van der Waals surface area contributed by atoms with Crippen LogP contribution in [0.15, 0.2) is 30.3 Å². The standard InChI is InChI=1S/C19H29N3O2/c1-16(14-21-9-11-24-12-10-21)22(15-17-5-3-2-4-6-17)19(23)18-7-8-20-13-18/h2-6,16,18,20H,7-15H2,1H3/t16-,18+/m0/s1. The molecular formula is C19H29N3O2. The summed E-state index contributed by atoms with van der Waals surface area (Å²) in [5.41, 5.74) is 1.20. The van der Waals surface area contributed by atoms with Crippen LogP contribution >= 0.6 is 0 Å². The molecular weight excluding hydrogens is 302 g/mol. The van der Waals surface area contributed by atoms with Crippen LogP contribution in [-0.2, 0) is 16.1 Å². The van der Waals surface area contributed by atoms with Crippen molar-refractivity contribution in [1.29, 1.82) is 0 Å². The third-order valence-electron chi connectivity index (χ3n) is 5.05. The minimum absolute atomic E-state index is 0.126. The van der Waals surface area contributed by atoms with Crippen molar-refractivity contribution in [3.05, 3.63) is 35.9 Å². The molecule has 24 heavy (non-hydrogen) atoms. The van der Waals surface area contributed by atoms with E-state index in [1.165, 1.54) is 5.56 Å². The highest BCUT2D eigenvalue weighted by atomic mass is 16.5. The van der Waals surface area contributed by atoms with Crippen molar-refractivity contribution in [3.8, 4) is 0 Å². The van der Waals surface area contributed by atoms with Crippen molar-refractivity contribution in [2.24, 2.45) is 5.92 Å². The second kappa shape index (κ2) is 8.60. The fourth-order valence-electron chi connectivity index (χ4n) is 3.59. The number of carbonyl (C=O) groups is 1. The molecule has 1 aromatic carbocycles. The van der Waals surface area contributed by atoms with Crippen molar-refractivity contribution < 1.29 is 9.53 Å². The van der Waals surface area contributed by atoms with E-state index in [1.54, 1.807) is 0 Å². The summed E-state index contributed by atoms with van der Waals surface area (Å²) in [5.74, 6) is 0.422. The predicted molar refractivity (Wildman–Crippen MR) is 94.7 cm³/mol. The molecule has 0 spiro atoms. The SMILES string of the molecule is C[C@@H](CN1CCOCC1)N(Cc1ccccc1)C(=O)[C@@H]1CCNC1. The Kier molecular flexibility index (Phi) is 6.24. The summed E-state index contributed by atoms with van der Waals surface area (Å²) in [6.07, 6.45) is 0.953. The highest BCUT2D eigenvalue weighted by Gasteiger charge is 2.30. The monoisotopic (exact) mass is 331 g/mol. The van der Waals surface area contributed by atoms with Gasteiger partial charge in [0.05, 0.1) is 19.1 Å². The van der Waals surface area contributed by atoms with E-state index in [4.69, 9.17) is 4.74 Å². The molecule has 1 N–H and O–H groups in total. The third-order valence-corrected chi connectivity index (χ3v) is 5.05. The first-order valence-electron chi connectivity index (χ1n) is 9.09. The second-order valence-electron chi connectivity index (χ2n) is 6.90. The van der Waals surface area contributed by atoms with Gasteiger partial charge in [0.25, 0.3) is 0 Å². The Morgan fingerprint density at radius 3 is 2.75 bits per heavy atom. The van der Waals surface area contributed by atoms with Crippen LogP contribution in [0.1, 0.15) is 18.9 Å². The van der Waals surface area contributed by atoms with E-state index in [9.17, 15) is 4.79 Å². The minimum atomic E-state index is 0.126. The van der Waals surface area contributed by atoms with Crippen LogP contribution in [0.3, 0.4) is 0 Å². The summed E-state index contributed by atoms with van der Waals surface area (Å²) in [6.45, 7) is 9.08. The molecule has 1 amide bonds. The molecule has 3 rings (SSSR count). The van der Waals surface area contributed by atoms with Gasteiger partial charge in [-0.2, -0.15) is 0 Å². The lowest BCUT2D eigenvalue weighted by molar-refractivity contribution is -0.138. The molecule has 0 aliphatic carbocycles. The molecule has 1 aromatic rings. The van der Waals surface area contributed by atoms with Crippen LogP contribution in [-0.4, -0.2) is 67.7 Å². The lowest BCUT2D eigenvalue weighted by Crippen LogP contribution is -2.49. The summed E-state index contributed by atoms with van der Waals surface area (Å²) >= 11 is 0. The number of ether oxygens (including phenoxy) is 1. The van der Waals surface area contributed by atoms with E-state index in [-0.39, 0.29) is 12.0 Å². The number of carbonyl (C=O) groups excluding carboxylic acids is 1. The summed E-state index contributed by atoms with van der Waals surface area (Å²) in [5, 5.41) is 3.32. The molecule has 0 unspecified atom stereocenters.